The number of nitrogens with one attached hydrogen (secondary N) is 1. The van der Waals surface area contributed by atoms with Crippen molar-refractivity contribution in [1.82, 2.24) is 5.32 Å². The van der Waals surface area contributed by atoms with Gasteiger partial charge < -0.3 is 10.5 Å². The molecule has 2 aromatic rings. The molecule has 2 bridgehead atoms. The Kier molecular flexibility index (Phi) is 4.27. The van der Waals surface area contributed by atoms with Crippen LogP contribution in [0.25, 0.3) is 0 Å². The molecule has 136 valence electrons. The van der Waals surface area contributed by atoms with Gasteiger partial charge in [-0.25, -0.2) is 8.78 Å². The summed E-state index contributed by atoms with van der Waals surface area (Å²) in [6.07, 6.45) is 2.71. The highest BCUT2D eigenvalue weighted by Crippen LogP contribution is 2.53. The maximum Gasteiger partial charge on any atom is 0.123 e. The van der Waals surface area contributed by atoms with Crippen LogP contribution in [-0.2, 0) is 0 Å². The minimum Gasteiger partial charge on any atom is -0.411 e. The molecule has 3 nitrogen and oxygen atoms in total. The first-order valence-corrected chi connectivity index (χ1v) is 9.02. The average Bonchev–Trinajstić information content (AvgIpc) is 2.61. The Hall–Kier alpha value is -2.27. The Morgan fingerprint density at radius 3 is 2.38 bits per heavy atom. The smallest absolute Gasteiger partial charge is 0.123 e. The van der Waals surface area contributed by atoms with E-state index in [0.29, 0.717) is 0 Å². The van der Waals surface area contributed by atoms with Gasteiger partial charge in [-0.05, 0) is 48.2 Å². The topological polar surface area (TPSA) is 44.6 Å². The lowest BCUT2D eigenvalue weighted by atomic mass is 9.58. The van der Waals surface area contributed by atoms with Crippen LogP contribution in [0.4, 0.5) is 8.78 Å². The molecule has 0 spiro atoms. The van der Waals surface area contributed by atoms with Crippen molar-refractivity contribution in [2.75, 3.05) is 0 Å². The highest BCUT2D eigenvalue weighted by molar-refractivity contribution is 5.94. The van der Waals surface area contributed by atoms with Crippen LogP contribution in [0.1, 0.15) is 49.4 Å². The van der Waals surface area contributed by atoms with Crippen LogP contribution in [0, 0.1) is 23.0 Å². The molecule has 1 saturated heterocycles. The maximum absolute atomic E-state index is 13.9. The Bertz CT molecular complexity index is 853. The number of benzene rings is 2. The van der Waals surface area contributed by atoms with Crippen LogP contribution in [0.15, 0.2) is 53.7 Å². The standard InChI is InChI=1S/C21H22F2N2O/c1-21-10-4-9-17(20(21)25-26)18(13-5-2-7-15(22)11-13)24-19(21)14-6-3-8-16(23)12-14/h2-3,5-8,11-12,17-19,24,26H,4,9-10H2,1H3/b25-20+. The van der Waals surface area contributed by atoms with Gasteiger partial charge in [0.1, 0.15) is 11.6 Å². The third-order valence-electron chi connectivity index (χ3n) is 6.03. The van der Waals surface area contributed by atoms with Crippen LogP contribution in [0.2, 0.25) is 0 Å². The summed E-state index contributed by atoms with van der Waals surface area (Å²) in [4.78, 5) is 0. The van der Waals surface area contributed by atoms with E-state index >= 15 is 0 Å². The number of oxime groups is 1. The lowest BCUT2D eigenvalue weighted by Crippen LogP contribution is -2.56. The van der Waals surface area contributed by atoms with Gasteiger partial charge in [-0.15, -0.1) is 0 Å². The molecule has 4 atom stereocenters. The van der Waals surface area contributed by atoms with Gasteiger partial charge in [-0.3, -0.25) is 0 Å². The molecule has 1 aliphatic carbocycles. The summed E-state index contributed by atoms with van der Waals surface area (Å²) in [5, 5.41) is 17.1. The van der Waals surface area contributed by atoms with Crippen LogP contribution in [0.3, 0.4) is 0 Å². The lowest BCUT2D eigenvalue weighted by molar-refractivity contribution is 0.146. The van der Waals surface area contributed by atoms with E-state index in [9.17, 15) is 14.0 Å². The van der Waals surface area contributed by atoms with E-state index in [-0.39, 0.29) is 29.6 Å². The summed E-state index contributed by atoms with van der Waals surface area (Å²) in [6.45, 7) is 2.07. The molecule has 0 radical (unpaired) electrons. The molecule has 2 N–H and O–H groups in total. The summed E-state index contributed by atoms with van der Waals surface area (Å²) in [5.74, 6) is -0.598. The number of rotatable bonds is 2. The van der Waals surface area contributed by atoms with E-state index < -0.39 is 5.41 Å². The van der Waals surface area contributed by atoms with Gasteiger partial charge in [0.05, 0.1) is 5.71 Å². The molecule has 1 aliphatic heterocycles. The Labute approximate surface area is 151 Å². The minimum atomic E-state index is -0.407. The van der Waals surface area contributed by atoms with Crippen LogP contribution < -0.4 is 5.32 Å². The van der Waals surface area contributed by atoms with Crippen molar-refractivity contribution in [3.05, 3.63) is 71.3 Å². The van der Waals surface area contributed by atoms with Crippen molar-refractivity contribution in [3.8, 4) is 0 Å². The highest BCUT2D eigenvalue weighted by Gasteiger charge is 2.53. The second-order valence-corrected chi connectivity index (χ2v) is 7.59. The molecule has 2 aliphatic rings. The number of hydrogen-bond donors (Lipinski definition) is 2. The number of nitrogens with zero attached hydrogens (tertiary/aromatic N) is 1. The first-order chi connectivity index (χ1) is 12.5. The van der Waals surface area contributed by atoms with Gasteiger partial charge in [-0.2, -0.15) is 0 Å². The molecule has 1 heterocycles. The minimum absolute atomic E-state index is 0.00893. The predicted molar refractivity (Wildman–Crippen MR) is 96.1 cm³/mol. The van der Waals surface area contributed by atoms with Gasteiger partial charge in [0, 0.05) is 23.4 Å². The Balaban J connectivity index is 1.83. The van der Waals surface area contributed by atoms with Gasteiger partial charge in [0.25, 0.3) is 0 Å². The highest BCUT2D eigenvalue weighted by atomic mass is 19.1. The van der Waals surface area contributed by atoms with Crippen molar-refractivity contribution in [2.24, 2.45) is 16.5 Å². The predicted octanol–water partition coefficient (Wildman–Crippen LogP) is 4.99. The van der Waals surface area contributed by atoms with Gasteiger partial charge in [0.2, 0.25) is 0 Å². The van der Waals surface area contributed by atoms with Gasteiger partial charge in [0.15, 0.2) is 0 Å². The summed E-state index contributed by atoms with van der Waals surface area (Å²) in [5.41, 5.74) is 1.96. The monoisotopic (exact) mass is 356 g/mol. The summed E-state index contributed by atoms with van der Waals surface area (Å²) < 4.78 is 27.7. The molecule has 4 rings (SSSR count). The maximum atomic E-state index is 13.9. The Morgan fingerprint density at radius 1 is 1.08 bits per heavy atom. The number of fused-ring (bicyclic) bond motifs is 2. The van der Waals surface area contributed by atoms with Crippen molar-refractivity contribution in [3.63, 3.8) is 0 Å². The average molecular weight is 356 g/mol. The van der Waals surface area contributed by atoms with E-state index in [1.165, 1.54) is 24.3 Å². The molecular weight excluding hydrogens is 334 g/mol. The summed E-state index contributed by atoms with van der Waals surface area (Å²) >= 11 is 0. The summed E-state index contributed by atoms with van der Waals surface area (Å²) in [7, 11) is 0. The molecule has 0 amide bonds. The van der Waals surface area contributed by atoms with E-state index in [1.54, 1.807) is 12.1 Å². The summed E-state index contributed by atoms with van der Waals surface area (Å²) in [6, 6.07) is 12.6. The fourth-order valence-corrected chi connectivity index (χ4v) is 4.84. The van der Waals surface area contributed by atoms with Crippen LogP contribution in [-0.4, -0.2) is 10.9 Å². The zero-order chi connectivity index (χ0) is 18.3. The van der Waals surface area contributed by atoms with Crippen molar-refractivity contribution >= 4 is 5.71 Å². The van der Waals surface area contributed by atoms with Crippen LogP contribution in [0.5, 0.6) is 0 Å². The third kappa shape index (κ3) is 2.71. The van der Waals surface area contributed by atoms with Gasteiger partial charge >= 0.3 is 0 Å². The van der Waals surface area contributed by atoms with Crippen molar-refractivity contribution in [1.29, 1.82) is 0 Å². The molecular formula is C21H22F2N2O. The molecule has 1 saturated carbocycles. The fraction of sp³-hybridized carbons (Fsp3) is 0.381. The van der Waals surface area contributed by atoms with Crippen LogP contribution >= 0.6 is 0 Å². The Morgan fingerprint density at radius 2 is 1.73 bits per heavy atom. The first-order valence-electron chi connectivity index (χ1n) is 9.02. The van der Waals surface area contributed by atoms with E-state index in [1.807, 2.05) is 12.1 Å². The quantitative estimate of drug-likeness (QED) is 0.588. The molecule has 0 aromatic heterocycles. The molecule has 2 aromatic carbocycles. The van der Waals surface area contributed by atoms with Gasteiger partial charge in [-0.1, -0.05) is 42.8 Å². The third-order valence-corrected chi connectivity index (χ3v) is 6.03. The van der Waals surface area contributed by atoms with Crippen molar-refractivity contribution < 1.29 is 14.0 Å². The van der Waals surface area contributed by atoms with E-state index in [0.717, 1.165) is 36.1 Å². The SMILES string of the molecule is CC12CCCC(/C1=N\O)C(c1cccc(F)c1)NC2c1cccc(F)c1. The second-order valence-electron chi connectivity index (χ2n) is 7.59. The normalized spacial score (nSPS) is 32.6. The molecule has 4 unspecified atom stereocenters. The lowest BCUT2D eigenvalue weighted by Gasteiger charge is -2.53. The zero-order valence-corrected chi connectivity index (χ0v) is 14.6. The molecule has 26 heavy (non-hydrogen) atoms. The van der Waals surface area contributed by atoms with E-state index in [4.69, 9.17) is 0 Å². The molecule has 2 fully saturated rings. The number of hydrogen-bond acceptors (Lipinski definition) is 3. The first kappa shape index (κ1) is 17.2. The van der Waals surface area contributed by atoms with E-state index in [2.05, 4.69) is 17.4 Å². The molecule has 5 heteroatoms. The number of piperidine rings is 1. The second kappa shape index (κ2) is 6.47. The fourth-order valence-electron chi connectivity index (χ4n) is 4.84. The van der Waals surface area contributed by atoms with Crippen molar-refractivity contribution in [2.45, 2.75) is 38.3 Å². The zero-order valence-electron chi connectivity index (χ0n) is 14.6. The largest absolute Gasteiger partial charge is 0.411 e. The number of halogens is 2.